The van der Waals surface area contributed by atoms with Crippen LogP contribution in [0.25, 0.3) is 0 Å². The molecule has 2 rings (SSSR count). The maximum Gasteiger partial charge on any atom is 0.227 e. The van der Waals surface area contributed by atoms with Crippen LogP contribution < -0.4 is 5.32 Å². The summed E-state index contributed by atoms with van der Waals surface area (Å²) in [5.41, 5.74) is 1.07. The van der Waals surface area contributed by atoms with Gasteiger partial charge in [0.25, 0.3) is 0 Å². The monoisotopic (exact) mass is 266 g/mol. The Morgan fingerprint density at radius 3 is 2.89 bits per heavy atom. The maximum atomic E-state index is 12.3. The fraction of sp³-hybridized carbons (Fsp3) is 0.500. The lowest BCUT2D eigenvalue weighted by atomic mass is 9.96. The fourth-order valence-electron chi connectivity index (χ4n) is 2.41. The van der Waals surface area contributed by atoms with Crippen molar-refractivity contribution >= 4 is 17.5 Å². The molecule has 0 spiro atoms. The second kappa shape index (κ2) is 5.72. The second-order valence-corrected chi connectivity index (χ2v) is 5.50. The van der Waals surface area contributed by atoms with E-state index in [2.05, 4.69) is 12.2 Å². The molecule has 1 heterocycles. The molecule has 0 radical (unpaired) electrons. The zero-order valence-electron chi connectivity index (χ0n) is 10.8. The summed E-state index contributed by atoms with van der Waals surface area (Å²) in [5, 5.41) is 3.97. The van der Waals surface area contributed by atoms with Crippen LogP contribution >= 0.6 is 11.6 Å². The Morgan fingerprint density at radius 2 is 2.28 bits per heavy atom. The Labute approximate surface area is 113 Å². The lowest BCUT2D eigenvalue weighted by Gasteiger charge is -2.23. The molecule has 0 bridgehead atoms. The maximum absolute atomic E-state index is 12.3. The van der Waals surface area contributed by atoms with Crippen LogP contribution in [0.3, 0.4) is 0 Å². The first-order valence-corrected chi connectivity index (χ1v) is 6.66. The highest BCUT2D eigenvalue weighted by molar-refractivity contribution is 6.30. The second-order valence-electron chi connectivity index (χ2n) is 5.07. The van der Waals surface area contributed by atoms with Crippen molar-refractivity contribution in [2.75, 3.05) is 20.1 Å². The molecule has 0 saturated carbocycles. The van der Waals surface area contributed by atoms with Crippen LogP contribution in [-0.2, 0) is 11.3 Å². The molecular weight excluding hydrogens is 248 g/mol. The highest BCUT2D eigenvalue weighted by Crippen LogP contribution is 2.19. The van der Waals surface area contributed by atoms with E-state index in [-0.39, 0.29) is 11.8 Å². The van der Waals surface area contributed by atoms with Gasteiger partial charge >= 0.3 is 0 Å². The normalized spacial score (nSPS) is 23.1. The van der Waals surface area contributed by atoms with Crippen molar-refractivity contribution in [2.24, 2.45) is 11.8 Å². The highest BCUT2D eigenvalue weighted by Gasteiger charge is 2.31. The third-order valence-electron chi connectivity index (χ3n) is 3.52. The lowest BCUT2D eigenvalue weighted by molar-refractivity contribution is -0.135. The third-order valence-corrected chi connectivity index (χ3v) is 3.75. The summed E-state index contributed by atoms with van der Waals surface area (Å²) in [6.45, 7) is 4.46. The van der Waals surface area contributed by atoms with Crippen LogP contribution in [0.2, 0.25) is 5.02 Å². The smallest absolute Gasteiger partial charge is 0.227 e. The van der Waals surface area contributed by atoms with Gasteiger partial charge in [-0.2, -0.15) is 0 Å². The first-order chi connectivity index (χ1) is 8.58. The Balaban J connectivity index is 1.99. The number of nitrogens with one attached hydrogen (secondary N) is 1. The predicted molar refractivity (Wildman–Crippen MR) is 73.4 cm³/mol. The number of rotatable bonds is 3. The molecule has 18 heavy (non-hydrogen) atoms. The Morgan fingerprint density at radius 1 is 1.50 bits per heavy atom. The van der Waals surface area contributed by atoms with Crippen LogP contribution in [0.4, 0.5) is 0 Å². The van der Waals surface area contributed by atoms with Gasteiger partial charge in [0.15, 0.2) is 0 Å². The molecule has 1 amide bonds. The third kappa shape index (κ3) is 3.03. The van der Waals surface area contributed by atoms with E-state index in [0.717, 1.165) is 18.7 Å². The van der Waals surface area contributed by atoms with E-state index < -0.39 is 0 Å². The van der Waals surface area contributed by atoms with E-state index in [1.54, 1.807) is 4.90 Å². The van der Waals surface area contributed by atoms with Gasteiger partial charge in [0.2, 0.25) is 5.91 Å². The average molecular weight is 267 g/mol. The first-order valence-electron chi connectivity index (χ1n) is 6.28. The van der Waals surface area contributed by atoms with Gasteiger partial charge in [-0.15, -0.1) is 0 Å². The number of halogens is 1. The summed E-state index contributed by atoms with van der Waals surface area (Å²) in [6, 6.07) is 7.65. The van der Waals surface area contributed by atoms with Gasteiger partial charge in [-0.1, -0.05) is 30.7 Å². The molecule has 0 unspecified atom stereocenters. The largest absolute Gasteiger partial charge is 0.341 e. The summed E-state index contributed by atoms with van der Waals surface area (Å²) < 4.78 is 0. The van der Waals surface area contributed by atoms with Crippen molar-refractivity contribution in [3.05, 3.63) is 34.9 Å². The van der Waals surface area contributed by atoms with E-state index in [0.29, 0.717) is 17.5 Å². The molecule has 0 aliphatic carbocycles. The molecule has 1 aromatic rings. The van der Waals surface area contributed by atoms with E-state index in [9.17, 15) is 4.79 Å². The van der Waals surface area contributed by atoms with Crippen molar-refractivity contribution in [3.63, 3.8) is 0 Å². The fourth-order valence-corrected chi connectivity index (χ4v) is 2.62. The number of hydrogen-bond acceptors (Lipinski definition) is 2. The number of carbonyl (C=O) groups is 1. The van der Waals surface area contributed by atoms with Crippen LogP contribution in [0, 0.1) is 11.8 Å². The summed E-state index contributed by atoms with van der Waals surface area (Å²) >= 11 is 5.94. The van der Waals surface area contributed by atoms with Crippen LogP contribution in [0.1, 0.15) is 12.5 Å². The number of nitrogens with zero attached hydrogens (tertiary/aromatic N) is 1. The van der Waals surface area contributed by atoms with Crippen molar-refractivity contribution in [1.82, 2.24) is 10.2 Å². The van der Waals surface area contributed by atoms with Gasteiger partial charge in [0, 0.05) is 25.2 Å². The summed E-state index contributed by atoms with van der Waals surface area (Å²) in [6.07, 6.45) is 0. The van der Waals surface area contributed by atoms with E-state index in [1.807, 2.05) is 31.3 Å². The van der Waals surface area contributed by atoms with Gasteiger partial charge in [0.1, 0.15) is 0 Å². The molecule has 98 valence electrons. The Kier molecular flexibility index (Phi) is 4.25. The Hall–Kier alpha value is -1.06. The van der Waals surface area contributed by atoms with Crippen molar-refractivity contribution in [2.45, 2.75) is 13.5 Å². The molecule has 1 aromatic carbocycles. The Bertz CT molecular complexity index is 436. The van der Waals surface area contributed by atoms with Crippen molar-refractivity contribution < 1.29 is 4.79 Å². The lowest BCUT2D eigenvalue weighted by Crippen LogP contribution is -2.35. The molecule has 1 fully saturated rings. The summed E-state index contributed by atoms with van der Waals surface area (Å²) in [5.74, 6) is 0.737. The van der Waals surface area contributed by atoms with Gasteiger partial charge in [0.05, 0.1) is 5.92 Å². The zero-order chi connectivity index (χ0) is 13.1. The summed E-state index contributed by atoms with van der Waals surface area (Å²) in [7, 11) is 1.86. The molecule has 0 aromatic heterocycles. The predicted octanol–water partition coefficient (Wildman–Crippen LogP) is 2.15. The van der Waals surface area contributed by atoms with Gasteiger partial charge in [-0.05, 0) is 30.2 Å². The van der Waals surface area contributed by atoms with Gasteiger partial charge in [-0.3, -0.25) is 4.79 Å². The number of hydrogen-bond donors (Lipinski definition) is 1. The standard InChI is InChI=1S/C14H19ClN2O/c1-10-7-16-8-13(10)14(18)17(2)9-11-4-3-5-12(15)6-11/h3-6,10,13,16H,7-9H2,1-2H3/t10-,13-/m1/s1. The van der Waals surface area contributed by atoms with E-state index in [1.165, 1.54) is 0 Å². The quantitative estimate of drug-likeness (QED) is 0.909. The SMILES string of the molecule is C[C@@H]1CNC[C@H]1C(=O)N(C)Cc1cccc(Cl)c1. The summed E-state index contributed by atoms with van der Waals surface area (Å²) in [4.78, 5) is 14.1. The molecule has 4 heteroatoms. The molecule has 2 atom stereocenters. The molecule has 3 nitrogen and oxygen atoms in total. The topological polar surface area (TPSA) is 32.3 Å². The minimum atomic E-state index is 0.106. The highest BCUT2D eigenvalue weighted by atomic mass is 35.5. The molecule has 1 aliphatic heterocycles. The van der Waals surface area contributed by atoms with Crippen LogP contribution in [-0.4, -0.2) is 30.9 Å². The average Bonchev–Trinajstić information content (AvgIpc) is 2.74. The molecule has 1 N–H and O–H groups in total. The van der Waals surface area contributed by atoms with E-state index >= 15 is 0 Å². The number of carbonyl (C=O) groups excluding carboxylic acids is 1. The van der Waals surface area contributed by atoms with Crippen molar-refractivity contribution in [1.29, 1.82) is 0 Å². The zero-order valence-corrected chi connectivity index (χ0v) is 11.6. The van der Waals surface area contributed by atoms with Gasteiger partial charge < -0.3 is 10.2 Å². The molecular formula is C14H19ClN2O. The molecule has 1 aliphatic rings. The van der Waals surface area contributed by atoms with Gasteiger partial charge in [-0.25, -0.2) is 0 Å². The van der Waals surface area contributed by atoms with E-state index in [4.69, 9.17) is 11.6 Å². The van der Waals surface area contributed by atoms with Crippen LogP contribution in [0.15, 0.2) is 24.3 Å². The number of benzene rings is 1. The minimum Gasteiger partial charge on any atom is -0.341 e. The number of amides is 1. The van der Waals surface area contributed by atoms with Crippen LogP contribution in [0.5, 0.6) is 0 Å². The first kappa shape index (κ1) is 13.4. The molecule has 1 saturated heterocycles. The minimum absolute atomic E-state index is 0.106. The van der Waals surface area contributed by atoms with Crippen molar-refractivity contribution in [3.8, 4) is 0 Å².